The van der Waals surface area contributed by atoms with Crippen molar-refractivity contribution in [3.05, 3.63) is 53.6 Å². The molecule has 2 aromatic heterocycles. The van der Waals surface area contributed by atoms with E-state index in [1.807, 2.05) is 6.92 Å². The molecule has 3 atom stereocenters. The van der Waals surface area contributed by atoms with Crippen molar-refractivity contribution in [2.45, 2.75) is 43.8 Å². The number of para-hydroxylation sites is 1. The molecule has 0 radical (unpaired) electrons. The van der Waals surface area contributed by atoms with Gasteiger partial charge in [0.25, 0.3) is 0 Å². The molecule has 1 fully saturated rings. The molecule has 0 saturated carbocycles. The summed E-state index contributed by atoms with van der Waals surface area (Å²) in [5.41, 5.74) is 1.39. The van der Waals surface area contributed by atoms with Crippen LogP contribution in [0.1, 0.15) is 48.9 Å². The summed E-state index contributed by atoms with van der Waals surface area (Å²) in [4.78, 5) is 8.65. The lowest BCUT2D eigenvalue weighted by atomic mass is 10.1. The number of benzene rings is 1. The van der Waals surface area contributed by atoms with Crippen LogP contribution in [0.2, 0.25) is 0 Å². The summed E-state index contributed by atoms with van der Waals surface area (Å²) >= 11 is 0. The minimum atomic E-state index is -3.71. The van der Waals surface area contributed by atoms with Gasteiger partial charge in [-0.3, -0.25) is 4.57 Å². The lowest BCUT2D eigenvalue weighted by Gasteiger charge is -2.25. The highest BCUT2D eigenvalue weighted by molar-refractivity contribution is 7.91. The van der Waals surface area contributed by atoms with Crippen LogP contribution in [0.15, 0.2) is 30.6 Å². The van der Waals surface area contributed by atoms with Crippen LogP contribution in [0.3, 0.4) is 0 Å². The van der Waals surface area contributed by atoms with Crippen LogP contribution in [0.25, 0.3) is 5.69 Å². The summed E-state index contributed by atoms with van der Waals surface area (Å²) < 4.78 is 51.5. The van der Waals surface area contributed by atoms with Gasteiger partial charge < -0.3 is 18.9 Å². The number of methoxy groups -OCH3 is 2. The number of rotatable bonds is 9. The maximum atomic E-state index is 13.6. The van der Waals surface area contributed by atoms with Gasteiger partial charge in [-0.25, -0.2) is 18.4 Å². The number of sulfone groups is 1. The third-order valence-corrected chi connectivity index (χ3v) is 8.50. The minimum Gasteiger partial charge on any atom is -0.494 e. The Morgan fingerprint density at radius 2 is 1.75 bits per heavy atom. The number of nitrogens with zero attached hydrogens (tertiary/aromatic N) is 5. The van der Waals surface area contributed by atoms with E-state index in [0.29, 0.717) is 42.0 Å². The van der Waals surface area contributed by atoms with E-state index in [0.717, 1.165) is 5.56 Å². The van der Waals surface area contributed by atoms with Crippen LogP contribution in [0, 0.1) is 6.92 Å². The number of ether oxygens (including phenoxy) is 4. The molecule has 12 heteroatoms. The molecule has 0 bridgehead atoms. The molecule has 0 N–H and O–H groups in total. The number of aryl methyl sites for hydroxylation is 1. The summed E-state index contributed by atoms with van der Waals surface area (Å²) in [7, 11) is -0.651. The van der Waals surface area contributed by atoms with E-state index in [1.54, 1.807) is 49.0 Å². The Morgan fingerprint density at radius 3 is 2.33 bits per heavy atom. The third-order valence-electron chi connectivity index (χ3n) is 6.29. The van der Waals surface area contributed by atoms with Crippen LogP contribution < -0.4 is 9.47 Å². The largest absolute Gasteiger partial charge is 0.494 e. The first-order valence-corrected chi connectivity index (χ1v) is 13.3. The van der Waals surface area contributed by atoms with Crippen molar-refractivity contribution in [1.29, 1.82) is 0 Å². The van der Waals surface area contributed by atoms with Crippen molar-refractivity contribution in [3.63, 3.8) is 0 Å². The Hall–Kier alpha value is -3.09. The Kier molecular flexibility index (Phi) is 7.86. The Bertz CT molecular complexity index is 1270. The second-order valence-electron chi connectivity index (χ2n) is 8.67. The van der Waals surface area contributed by atoms with E-state index < -0.39 is 27.1 Å². The molecule has 1 saturated heterocycles. The predicted octanol–water partition coefficient (Wildman–Crippen LogP) is 2.58. The molecule has 0 unspecified atom stereocenters. The summed E-state index contributed by atoms with van der Waals surface area (Å²) in [5.74, 6) is 1.24. The highest BCUT2D eigenvalue weighted by atomic mass is 32.2. The fourth-order valence-electron chi connectivity index (χ4n) is 4.03. The zero-order chi connectivity index (χ0) is 25.9. The first kappa shape index (κ1) is 26.0. The van der Waals surface area contributed by atoms with Gasteiger partial charge in [0.05, 0.1) is 39.3 Å². The van der Waals surface area contributed by atoms with Gasteiger partial charge in [0.15, 0.2) is 21.5 Å². The molecule has 36 heavy (non-hydrogen) atoms. The molecular weight excluding hydrogens is 486 g/mol. The van der Waals surface area contributed by atoms with Gasteiger partial charge >= 0.3 is 0 Å². The van der Waals surface area contributed by atoms with E-state index in [2.05, 4.69) is 20.2 Å². The number of aromatic nitrogens is 5. The van der Waals surface area contributed by atoms with E-state index in [9.17, 15) is 8.42 Å². The van der Waals surface area contributed by atoms with E-state index >= 15 is 0 Å². The molecular formula is C24H31N5O6S. The fraction of sp³-hybridized carbons (Fsp3) is 0.500. The van der Waals surface area contributed by atoms with Crippen molar-refractivity contribution in [2.24, 2.45) is 0 Å². The normalized spacial score (nSPS) is 18.0. The van der Waals surface area contributed by atoms with Gasteiger partial charge in [0.2, 0.25) is 0 Å². The second-order valence-corrected chi connectivity index (χ2v) is 11.0. The highest BCUT2D eigenvalue weighted by Crippen LogP contribution is 2.37. The van der Waals surface area contributed by atoms with Gasteiger partial charge in [-0.2, -0.15) is 0 Å². The third kappa shape index (κ3) is 5.20. The van der Waals surface area contributed by atoms with Crippen molar-refractivity contribution in [2.75, 3.05) is 34.0 Å². The molecule has 1 aromatic carbocycles. The fourth-order valence-corrected chi connectivity index (χ4v) is 5.59. The molecule has 1 aliphatic heterocycles. The molecule has 194 valence electrons. The van der Waals surface area contributed by atoms with Crippen molar-refractivity contribution in [3.8, 4) is 17.2 Å². The molecule has 0 amide bonds. The maximum absolute atomic E-state index is 13.6. The molecule has 3 heterocycles. The molecule has 0 aliphatic carbocycles. The predicted molar refractivity (Wildman–Crippen MR) is 131 cm³/mol. The molecule has 1 aliphatic rings. The minimum absolute atomic E-state index is 0.214. The molecule has 4 rings (SSSR count). The zero-order valence-corrected chi connectivity index (χ0v) is 21.9. The summed E-state index contributed by atoms with van der Waals surface area (Å²) in [6, 6.07) is 5.31. The van der Waals surface area contributed by atoms with E-state index in [4.69, 9.17) is 18.9 Å². The molecule has 3 aromatic rings. The van der Waals surface area contributed by atoms with Crippen LogP contribution in [-0.2, 0) is 25.1 Å². The van der Waals surface area contributed by atoms with Crippen molar-refractivity contribution in [1.82, 2.24) is 24.7 Å². The van der Waals surface area contributed by atoms with Gasteiger partial charge in [-0.1, -0.05) is 13.0 Å². The Labute approximate surface area is 210 Å². The van der Waals surface area contributed by atoms with Gasteiger partial charge in [0, 0.05) is 18.3 Å². The van der Waals surface area contributed by atoms with Gasteiger partial charge in [-0.05, 0) is 31.5 Å². The quantitative estimate of drug-likeness (QED) is 0.418. The van der Waals surface area contributed by atoms with Crippen LogP contribution in [0.4, 0.5) is 0 Å². The van der Waals surface area contributed by atoms with Gasteiger partial charge in [0.1, 0.15) is 34.9 Å². The van der Waals surface area contributed by atoms with Crippen LogP contribution in [0.5, 0.6) is 11.5 Å². The first-order chi connectivity index (χ1) is 17.3. The standard InChI is InChI=1S/C24H31N5O6S/c1-15-11-25-23(26-12-15)16(2)17(3)36(30,31)14-21-27-28-24(20-13-34-9-10-35-20)29(21)22-18(32-4)7-6-8-19(22)33-5/h6-8,11-12,16-17,20H,9-10,13-14H2,1-5H3/t16-,17-,20+/m0/s1. The van der Waals surface area contributed by atoms with Crippen molar-refractivity contribution < 1.29 is 27.4 Å². The van der Waals surface area contributed by atoms with Gasteiger partial charge in [-0.15, -0.1) is 10.2 Å². The van der Waals surface area contributed by atoms with E-state index in [1.165, 1.54) is 14.2 Å². The average Bonchev–Trinajstić information content (AvgIpc) is 3.30. The lowest BCUT2D eigenvalue weighted by Crippen LogP contribution is -2.28. The summed E-state index contributed by atoms with van der Waals surface area (Å²) in [6.07, 6.45) is 2.83. The van der Waals surface area contributed by atoms with Crippen LogP contribution in [-0.4, -0.2) is 72.4 Å². The van der Waals surface area contributed by atoms with E-state index in [-0.39, 0.29) is 18.2 Å². The highest BCUT2D eigenvalue weighted by Gasteiger charge is 2.34. The number of hydrogen-bond acceptors (Lipinski definition) is 10. The summed E-state index contributed by atoms with van der Waals surface area (Å²) in [6.45, 7) is 6.47. The zero-order valence-electron chi connectivity index (χ0n) is 21.0. The monoisotopic (exact) mass is 517 g/mol. The van der Waals surface area contributed by atoms with Crippen LogP contribution >= 0.6 is 0 Å². The smallest absolute Gasteiger partial charge is 0.169 e. The molecule has 0 spiro atoms. The average molecular weight is 518 g/mol. The SMILES string of the molecule is COc1cccc(OC)c1-n1c(CS(=O)(=O)[C@@H](C)[C@H](C)c2ncc(C)cn2)nnc1[C@H]1COCCO1. The maximum Gasteiger partial charge on any atom is 0.169 e. The Morgan fingerprint density at radius 1 is 1.08 bits per heavy atom. The molecule has 11 nitrogen and oxygen atoms in total. The van der Waals surface area contributed by atoms with Crippen molar-refractivity contribution >= 4 is 9.84 Å². The number of hydrogen-bond donors (Lipinski definition) is 0. The second kappa shape index (κ2) is 10.9. The first-order valence-electron chi connectivity index (χ1n) is 11.6. The lowest BCUT2D eigenvalue weighted by molar-refractivity contribution is -0.0942. The Balaban J connectivity index is 1.77. The topological polar surface area (TPSA) is 128 Å². The summed E-state index contributed by atoms with van der Waals surface area (Å²) in [5, 5.41) is 7.84.